The molecule has 1 aliphatic heterocycles. The highest BCUT2D eigenvalue weighted by atomic mass is 16.8. The van der Waals surface area contributed by atoms with E-state index in [-0.39, 0.29) is 12.5 Å². The average molecular weight is 401 g/mol. The zero-order valence-electron chi connectivity index (χ0n) is 16.9. The molecule has 1 aromatic carbocycles. The number of aliphatic hydroxyl groups excluding tert-OH is 1. The molecule has 1 fully saturated rings. The third-order valence-electron chi connectivity index (χ3n) is 4.37. The maximum absolute atomic E-state index is 11.8. The number of nitrogens with zero attached hydrogens (tertiary/aromatic N) is 3. The van der Waals surface area contributed by atoms with Crippen molar-refractivity contribution >= 4 is 6.16 Å². The lowest BCUT2D eigenvalue weighted by Crippen LogP contribution is -2.44. The Labute approximate surface area is 170 Å². The Kier molecular flexibility index (Phi) is 6.66. The summed E-state index contributed by atoms with van der Waals surface area (Å²) in [4.78, 5) is 25.7. The highest BCUT2D eigenvalue weighted by molar-refractivity contribution is 5.60. The van der Waals surface area contributed by atoms with E-state index in [1.165, 1.54) is 5.06 Å². The van der Waals surface area contributed by atoms with Gasteiger partial charge >= 0.3 is 6.16 Å². The summed E-state index contributed by atoms with van der Waals surface area (Å²) < 4.78 is 10.8. The molecule has 29 heavy (non-hydrogen) atoms. The minimum atomic E-state index is -0.778. The quantitative estimate of drug-likeness (QED) is 0.764. The maximum atomic E-state index is 11.8. The molecule has 8 heteroatoms. The Hall–Kier alpha value is -2.71. The first-order valence-corrected chi connectivity index (χ1v) is 9.63. The molecule has 0 bridgehead atoms. The Morgan fingerprint density at radius 1 is 1.21 bits per heavy atom. The van der Waals surface area contributed by atoms with Gasteiger partial charge in [-0.3, -0.25) is 0 Å². The van der Waals surface area contributed by atoms with Gasteiger partial charge < -0.3 is 19.4 Å². The van der Waals surface area contributed by atoms with Crippen LogP contribution in [0.1, 0.15) is 44.5 Å². The number of benzene rings is 1. The van der Waals surface area contributed by atoms with Crippen molar-refractivity contribution in [1.82, 2.24) is 15.0 Å². The molecule has 1 aromatic heterocycles. The summed E-state index contributed by atoms with van der Waals surface area (Å²) in [5, 5.41) is 11.9. The normalized spacial score (nSPS) is 20.1. The third kappa shape index (κ3) is 6.40. The van der Waals surface area contributed by atoms with E-state index in [0.29, 0.717) is 31.1 Å². The summed E-state index contributed by atoms with van der Waals surface area (Å²) in [7, 11) is 0. The molecule has 2 unspecified atom stereocenters. The molecule has 1 aliphatic rings. The molecule has 1 saturated heterocycles. The number of carbonyl (C=O) groups is 1. The maximum Gasteiger partial charge on any atom is 0.528 e. The summed E-state index contributed by atoms with van der Waals surface area (Å²) >= 11 is 0. The fourth-order valence-electron chi connectivity index (χ4n) is 2.99. The fourth-order valence-corrected chi connectivity index (χ4v) is 2.99. The molecule has 0 saturated carbocycles. The van der Waals surface area contributed by atoms with Gasteiger partial charge in [-0.25, -0.2) is 14.8 Å². The van der Waals surface area contributed by atoms with Crippen molar-refractivity contribution in [3.63, 3.8) is 0 Å². The van der Waals surface area contributed by atoms with Crippen molar-refractivity contribution in [3.8, 4) is 5.75 Å². The molecule has 0 radical (unpaired) electrons. The zero-order valence-corrected chi connectivity index (χ0v) is 16.9. The van der Waals surface area contributed by atoms with Crippen LogP contribution in [-0.2, 0) is 16.2 Å². The van der Waals surface area contributed by atoms with Gasteiger partial charge in [0.1, 0.15) is 18.0 Å². The fraction of sp³-hybridized carbons (Fsp3) is 0.476. The van der Waals surface area contributed by atoms with Crippen LogP contribution in [0.25, 0.3) is 0 Å². The molecule has 0 amide bonds. The second-order valence-electron chi connectivity index (χ2n) is 7.96. The molecule has 2 atom stereocenters. The Balaban J connectivity index is 1.50. The molecule has 0 aliphatic carbocycles. The molecule has 0 spiro atoms. The van der Waals surface area contributed by atoms with E-state index in [2.05, 4.69) is 9.97 Å². The van der Waals surface area contributed by atoms with E-state index in [0.717, 1.165) is 5.56 Å². The number of aliphatic hydroxyl groups is 1. The first-order valence-electron chi connectivity index (χ1n) is 9.63. The number of hydrogen-bond donors (Lipinski definition) is 1. The van der Waals surface area contributed by atoms with Gasteiger partial charge in [0.25, 0.3) is 0 Å². The van der Waals surface area contributed by atoms with Gasteiger partial charge in [0.15, 0.2) is 5.75 Å². The van der Waals surface area contributed by atoms with Crippen LogP contribution < -0.4 is 4.74 Å². The SMILES string of the molecule is CC(C)(C)OC(=O)ON1CCC(c2ncc(OCc3ccccc3)cn2)C(O)C1. The van der Waals surface area contributed by atoms with Crippen LogP contribution in [0, 0.1) is 0 Å². The van der Waals surface area contributed by atoms with Crippen LogP contribution in [0.2, 0.25) is 0 Å². The second kappa shape index (κ2) is 9.19. The van der Waals surface area contributed by atoms with Crippen LogP contribution in [0.5, 0.6) is 5.75 Å². The van der Waals surface area contributed by atoms with Crippen LogP contribution in [-0.4, -0.2) is 51.1 Å². The number of ether oxygens (including phenoxy) is 2. The monoisotopic (exact) mass is 401 g/mol. The average Bonchev–Trinajstić information content (AvgIpc) is 2.66. The minimum Gasteiger partial charge on any atom is -0.486 e. The number of hydroxylamine groups is 2. The molecule has 2 aromatic rings. The van der Waals surface area contributed by atoms with Crippen molar-refractivity contribution in [3.05, 3.63) is 54.1 Å². The summed E-state index contributed by atoms with van der Waals surface area (Å²) in [5.41, 5.74) is 0.427. The smallest absolute Gasteiger partial charge is 0.486 e. The highest BCUT2D eigenvalue weighted by Gasteiger charge is 2.33. The van der Waals surface area contributed by atoms with Gasteiger partial charge in [-0.05, 0) is 32.8 Å². The first-order chi connectivity index (χ1) is 13.8. The van der Waals surface area contributed by atoms with Crippen molar-refractivity contribution in [2.75, 3.05) is 13.1 Å². The summed E-state index contributed by atoms with van der Waals surface area (Å²) in [5.74, 6) is 0.871. The third-order valence-corrected chi connectivity index (χ3v) is 4.37. The van der Waals surface area contributed by atoms with Gasteiger partial charge in [-0.2, -0.15) is 0 Å². The largest absolute Gasteiger partial charge is 0.528 e. The molecule has 156 valence electrons. The van der Waals surface area contributed by atoms with Crippen LogP contribution in [0.3, 0.4) is 0 Å². The number of carbonyl (C=O) groups excluding carboxylic acids is 1. The number of aromatic nitrogens is 2. The van der Waals surface area contributed by atoms with Gasteiger partial charge in [0.2, 0.25) is 0 Å². The van der Waals surface area contributed by atoms with E-state index in [4.69, 9.17) is 14.3 Å². The first kappa shape index (κ1) is 21.0. The lowest BCUT2D eigenvalue weighted by Gasteiger charge is -2.33. The van der Waals surface area contributed by atoms with E-state index in [1.54, 1.807) is 33.2 Å². The molecule has 2 heterocycles. The molecular weight excluding hydrogens is 374 g/mol. The van der Waals surface area contributed by atoms with Gasteiger partial charge in [0.05, 0.1) is 25.0 Å². The Bertz CT molecular complexity index is 792. The number of β-amino-alcohol motifs (C(OH)–C–C–N with tert-alkyl or cyclic N) is 1. The summed E-state index contributed by atoms with van der Waals surface area (Å²) in [6.45, 7) is 6.35. The Morgan fingerprint density at radius 2 is 1.90 bits per heavy atom. The van der Waals surface area contributed by atoms with Crippen molar-refractivity contribution < 1.29 is 24.2 Å². The van der Waals surface area contributed by atoms with Crippen LogP contribution in [0.15, 0.2) is 42.7 Å². The summed E-state index contributed by atoms with van der Waals surface area (Å²) in [6.07, 6.45) is 2.23. The topological polar surface area (TPSA) is 94.0 Å². The van der Waals surface area contributed by atoms with E-state index >= 15 is 0 Å². The Morgan fingerprint density at radius 3 is 2.52 bits per heavy atom. The van der Waals surface area contributed by atoms with E-state index < -0.39 is 17.9 Å². The van der Waals surface area contributed by atoms with Gasteiger partial charge in [0, 0.05) is 12.5 Å². The summed E-state index contributed by atoms with van der Waals surface area (Å²) in [6, 6.07) is 9.84. The standard InChI is InChI=1S/C21H27N3O5/c1-21(2,3)28-20(26)29-24-10-9-17(18(25)13-24)19-22-11-16(12-23-19)27-14-15-7-5-4-6-8-15/h4-8,11-12,17-18,25H,9-10,13-14H2,1-3H3. The predicted molar refractivity (Wildman–Crippen MR) is 105 cm³/mol. The zero-order chi connectivity index (χ0) is 20.9. The predicted octanol–water partition coefficient (Wildman–Crippen LogP) is 3.07. The van der Waals surface area contributed by atoms with E-state index in [9.17, 15) is 9.90 Å². The van der Waals surface area contributed by atoms with Crippen LogP contribution >= 0.6 is 0 Å². The van der Waals surface area contributed by atoms with Crippen LogP contribution in [0.4, 0.5) is 4.79 Å². The number of hydrogen-bond acceptors (Lipinski definition) is 8. The minimum absolute atomic E-state index is 0.166. The van der Waals surface area contributed by atoms with Crippen molar-refractivity contribution in [1.29, 1.82) is 0 Å². The lowest BCUT2D eigenvalue weighted by atomic mass is 9.94. The molecular formula is C21H27N3O5. The lowest BCUT2D eigenvalue weighted by molar-refractivity contribution is -0.170. The molecule has 3 rings (SSSR count). The number of rotatable bonds is 5. The van der Waals surface area contributed by atoms with E-state index in [1.807, 2.05) is 30.3 Å². The molecule has 8 nitrogen and oxygen atoms in total. The van der Waals surface area contributed by atoms with Gasteiger partial charge in [-0.15, -0.1) is 5.06 Å². The highest BCUT2D eigenvalue weighted by Crippen LogP contribution is 2.27. The second-order valence-corrected chi connectivity index (χ2v) is 7.96. The molecule has 1 N–H and O–H groups in total. The number of piperidine rings is 1. The van der Waals surface area contributed by atoms with Crippen molar-refractivity contribution in [2.24, 2.45) is 0 Å². The van der Waals surface area contributed by atoms with Gasteiger partial charge in [-0.1, -0.05) is 30.3 Å². The van der Waals surface area contributed by atoms with Crippen molar-refractivity contribution in [2.45, 2.75) is 51.4 Å².